The normalized spacial score (nSPS) is 16.6. The van der Waals surface area contributed by atoms with E-state index in [2.05, 4.69) is 9.97 Å². The molecule has 1 aromatic rings. The molecule has 1 amide bonds. The molecule has 1 aromatic heterocycles. The summed E-state index contributed by atoms with van der Waals surface area (Å²) in [6.07, 6.45) is 1.73. The number of nitrogens with zero attached hydrogens (tertiary/aromatic N) is 3. The molecule has 6 heteroatoms. The van der Waals surface area contributed by atoms with E-state index >= 15 is 0 Å². The summed E-state index contributed by atoms with van der Waals surface area (Å²) in [5, 5.41) is 0. The molecule has 1 saturated heterocycles. The number of hydrogen-bond donors (Lipinski definition) is 1. The van der Waals surface area contributed by atoms with Gasteiger partial charge in [-0.25, -0.2) is 9.97 Å². The van der Waals surface area contributed by atoms with Crippen LogP contribution in [0.1, 0.15) is 29.0 Å². The van der Waals surface area contributed by atoms with Gasteiger partial charge in [-0.3, -0.25) is 4.79 Å². The number of rotatable bonds is 2. The predicted octanol–water partition coefficient (Wildman–Crippen LogP) is 0.618. The Morgan fingerprint density at radius 1 is 1.44 bits per heavy atom. The van der Waals surface area contributed by atoms with Gasteiger partial charge in [-0.1, -0.05) is 0 Å². The Balaban J connectivity index is 2.14. The van der Waals surface area contributed by atoms with Crippen LogP contribution in [0.3, 0.4) is 0 Å². The molecule has 98 valence electrons. The molecule has 0 aliphatic carbocycles. The third kappa shape index (κ3) is 2.76. The number of hydrogen-bond acceptors (Lipinski definition) is 5. The van der Waals surface area contributed by atoms with Crippen molar-refractivity contribution in [3.05, 3.63) is 17.5 Å². The molecule has 1 aliphatic rings. The summed E-state index contributed by atoms with van der Waals surface area (Å²) in [4.78, 5) is 22.0. The van der Waals surface area contributed by atoms with Crippen LogP contribution in [0.4, 0.5) is 5.95 Å². The summed E-state index contributed by atoms with van der Waals surface area (Å²) >= 11 is 0. The Morgan fingerprint density at radius 3 is 2.72 bits per heavy atom. The van der Waals surface area contributed by atoms with Crippen LogP contribution in [0.2, 0.25) is 0 Å². The van der Waals surface area contributed by atoms with Gasteiger partial charge in [0.15, 0.2) is 0 Å². The van der Waals surface area contributed by atoms with Gasteiger partial charge in [0.25, 0.3) is 5.91 Å². The lowest BCUT2D eigenvalue weighted by Crippen LogP contribution is -2.41. The molecule has 0 radical (unpaired) electrons. The lowest BCUT2D eigenvalue weighted by Gasteiger charge is -2.31. The van der Waals surface area contributed by atoms with Crippen molar-refractivity contribution in [1.82, 2.24) is 14.9 Å². The van der Waals surface area contributed by atoms with E-state index in [1.54, 1.807) is 24.9 Å². The molecule has 6 nitrogen and oxygen atoms in total. The summed E-state index contributed by atoms with van der Waals surface area (Å²) in [5.74, 6) is 0.0258. The Morgan fingerprint density at radius 2 is 2.11 bits per heavy atom. The quantitative estimate of drug-likeness (QED) is 0.832. The maximum atomic E-state index is 12.3. The number of nitrogen functional groups attached to an aromatic ring is 1. The minimum atomic E-state index is -0.112. The van der Waals surface area contributed by atoms with Crippen LogP contribution in [0.25, 0.3) is 0 Å². The molecule has 2 N–H and O–H groups in total. The first-order valence-electron chi connectivity index (χ1n) is 6.04. The van der Waals surface area contributed by atoms with E-state index in [0.717, 1.165) is 12.8 Å². The number of amides is 1. The first-order valence-corrected chi connectivity index (χ1v) is 6.04. The number of anilines is 1. The minimum Gasteiger partial charge on any atom is -0.381 e. The standard InChI is InChI=1S/C12H18N4O2/c1-8-7-10(15-12(13)14-8)11(17)16(2)9-3-5-18-6-4-9/h7,9H,3-6H2,1-2H3,(H2,13,14,15). The molecular weight excluding hydrogens is 232 g/mol. The van der Waals surface area contributed by atoms with E-state index in [4.69, 9.17) is 10.5 Å². The summed E-state index contributed by atoms with van der Waals surface area (Å²) in [6.45, 7) is 3.20. The molecule has 18 heavy (non-hydrogen) atoms. The van der Waals surface area contributed by atoms with Gasteiger partial charge in [-0.15, -0.1) is 0 Å². The molecule has 0 spiro atoms. The largest absolute Gasteiger partial charge is 0.381 e. The van der Waals surface area contributed by atoms with Crippen molar-refractivity contribution < 1.29 is 9.53 Å². The fourth-order valence-electron chi connectivity index (χ4n) is 2.12. The third-order valence-corrected chi connectivity index (χ3v) is 3.15. The molecule has 0 atom stereocenters. The fraction of sp³-hybridized carbons (Fsp3) is 0.583. The maximum absolute atomic E-state index is 12.3. The highest BCUT2D eigenvalue weighted by molar-refractivity contribution is 5.92. The first-order chi connectivity index (χ1) is 8.58. The molecule has 1 aliphatic heterocycles. The van der Waals surface area contributed by atoms with Crippen LogP contribution >= 0.6 is 0 Å². The second-order valence-corrected chi connectivity index (χ2v) is 4.51. The van der Waals surface area contributed by atoms with Crippen LogP contribution in [-0.4, -0.2) is 47.1 Å². The van der Waals surface area contributed by atoms with E-state index in [0.29, 0.717) is 24.6 Å². The molecule has 0 saturated carbocycles. The minimum absolute atomic E-state index is 0.112. The van der Waals surface area contributed by atoms with Gasteiger partial charge in [0.2, 0.25) is 5.95 Å². The average Bonchev–Trinajstić information content (AvgIpc) is 2.37. The van der Waals surface area contributed by atoms with Crippen LogP contribution in [0, 0.1) is 6.92 Å². The van der Waals surface area contributed by atoms with Gasteiger partial charge in [-0.2, -0.15) is 0 Å². The summed E-state index contributed by atoms with van der Waals surface area (Å²) in [7, 11) is 1.80. The van der Waals surface area contributed by atoms with Crippen molar-refractivity contribution in [1.29, 1.82) is 0 Å². The molecule has 0 unspecified atom stereocenters. The third-order valence-electron chi connectivity index (χ3n) is 3.15. The average molecular weight is 250 g/mol. The van der Waals surface area contributed by atoms with E-state index in [1.807, 2.05) is 0 Å². The number of aromatic nitrogens is 2. The van der Waals surface area contributed by atoms with Crippen molar-refractivity contribution in [2.45, 2.75) is 25.8 Å². The molecule has 2 heterocycles. The summed E-state index contributed by atoms with van der Waals surface area (Å²) in [5.41, 5.74) is 6.62. The van der Waals surface area contributed by atoms with Gasteiger partial charge in [0.1, 0.15) is 5.69 Å². The summed E-state index contributed by atoms with van der Waals surface area (Å²) < 4.78 is 5.29. The number of aryl methyl sites for hydroxylation is 1. The van der Waals surface area contributed by atoms with Crippen molar-refractivity contribution >= 4 is 11.9 Å². The Labute approximate surface area is 106 Å². The maximum Gasteiger partial charge on any atom is 0.272 e. The van der Waals surface area contributed by atoms with E-state index in [-0.39, 0.29) is 17.9 Å². The van der Waals surface area contributed by atoms with Crippen molar-refractivity contribution in [2.24, 2.45) is 0 Å². The Kier molecular flexibility index (Phi) is 3.76. The van der Waals surface area contributed by atoms with Gasteiger partial charge < -0.3 is 15.4 Å². The highest BCUT2D eigenvalue weighted by Gasteiger charge is 2.24. The SMILES string of the molecule is Cc1cc(C(=O)N(C)C2CCOCC2)nc(N)n1. The Hall–Kier alpha value is -1.69. The Bertz CT molecular complexity index is 423. The second kappa shape index (κ2) is 5.30. The molecule has 1 fully saturated rings. The molecule has 0 aromatic carbocycles. The lowest BCUT2D eigenvalue weighted by atomic mass is 10.1. The number of ether oxygens (including phenoxy) is 1. The number of carbonyl (C=O) groups excluding carboxylic acids is 1. The van der Waals surface area contributed by atoms with Crippen LogP contribution in [-0.2, 0) is 4.74 Å². The van der Waals surface area contributed by atoms with Crippen LogP contribution < -0.4 is 5.73 Å². The van der Waals surface area contributed by atoms with Crippen LogP contribution in [0.5, 0.6) is 0 Å². The van der Waals surface area contributed by atoms with E-state index in [9.17, 15) is 4.79 Å². The predicted molar refractivity (Wildman–Crippen MR) is 67.1 cm³/mol. The van der Waals surface area contributed by atoms with Gasteiger partial charge in [-0.05, 0) is 25.8 Å². The van der Waals surface area contributed by atoms with Gasteiger partial charge >= 0.3 is 0 Å². The van der Waals surface area contributed by atoms with Crippen molar-refractivity contribution in [3.63, 3.8) is 0 Å². The summed E-state index contributed by atoms with van der Waals surface area (Å²) in [6, 6.07) is 1.87. The smallest absolute Gasteiger partial charge is 0.272 e. The number of nitrogens with two attached hydrogens (primary N) is 1. The fourth-order valence-corrected chi connectivity index (χ4v) is 2.12. The monoisotopic (exact) mass is 250 g/mol. The van der Waals surface area contributed by atoms with E-state index < -0.39 is 0 Å². The highest BCUT2D eigenvalue weighted by atomic mass is 16.5. The lowest BCUT2D eigenvalue weighted by molar-refractivity contribution is 0.0359. The van der Waals surface area contributed by atoms with Crippen molar-refractivity contribution in [3.8, 4) is 0 Å². The topological polar surface area (TPSA) is 81.3 Å². The zero-order valence-electron chi connectivity index (χ0n) is 10.7. The highest BCUT2D eigenvalue weighted by Crippen LogP contribution is 2.15. The van der Waals surface area contributed by atoms with Crippen LogP contribution in [0.15, 0.2) is 6.07 Å². The number of carbonyl (C=O) groups is 1. The molecule has 2 rings (SSSR count). The zero-order chi connectivity index (χ0) is 13.1. The molecule has 0 bridgehead atoms. The van der Waals surface area contributed by atoms with E-state index in [1.165, 1.54) is 0 Å². The zero-order valence-corrected chi connectivity index (χ0v) is 10.7. The molecular formula is C12H18N4O2. The van der Waals surface area contributed by atoms with Gasteiger partial charge in [0, 0.05) is 32.0 Å². The van der Waals surface area contributed by atoms with Crippen molar-refractivity contribution in [2.75, 3.05) is 26.0 Å². The van der Waals surface area contributed by atoms with Gasteiger partial charge in [0.05, 0.1) is 0 Å². The second-order valence-electron chi connectivity index (χ2n) is 4.51. The first kappa shape index (κ1) is 12.8.